The zero-order chi connectivity index (χ0) is 12.3. The van der Waals surface area contributed by atoms with Gasteiger partial charge in [0.05, 0.1) is 5.22 Å². The Bertz CT molecular complexity index is 669. The van der Waals surface area contributed by atoms with Crippen LogP contribution in [0, 0.1) is 0 Å². The maximum Gasteiger partial charge on any atom is 0.334 e. The molecule has 0 saturated carbocycles. The van der Waals surface area contributed by atoms with E-state index in [1.54, 1.807) is 6.20 Å². The molecule has 2 heteroatoms. The highest BCUT2D eigenvalue weighted by Gasteiger charge is 2.02. The van der Waals surface area contributed by atoms with Crippen molar-refractivity contribution in [3.05, 3.63) is 52.7 Å². The lowest BCUT2D eigenvalue weighted by atomic mass is 10.1. The van der Waals surface area contributed by atoms with E-state index in [1.807, 2.05) is 25.3 Å². The Kier molecular flexibility index (Phi) is 3.17. The van der Waals surface area contributed by atoms with E-state index in [0.717, 1.165) is 16.6 Å². The first-order chi connectivity index (χ1) is 8.20. The van der Waals surface area contributed by atoms with E-state index >= 15 is 0 Å². The lowest BCUT2D eigenvalue weighted by molar-refractivity contribution is 1.35. The van der Waals surface area contributed by atoms with Crippen molar-refractivity contribution in [1.82, 2.24) is 4.67 Å². The van der Waals surface area contributed by atoms with Gasteiger partial charge in [0.15, 0.2) is 0 Å². The first-order valence-electron chi connectivity index (χ1n) is 5.56. The summed E-state index contributed by atoms with van der Waals surface area (Å²) in [6, 6.07) is 6.24. The SMILES string of the molecule is C=CN=C(C)/C(C)=C/c1ccc2c(c1)=CC=[N+]=2. The molecular weight excluding hydrogens is 208 g/mol. The maximum absolute atomic E-state index is 4.25. The Labute approximate surface area is 101 Å². The Morgan fingerprint density at radius 1 is 1.35 bits per heavy atom. The third kappa shape index (κ3) is 2.49. The van der Waals surface area contributed by atoms with Crippen LogP contribution in [0.4, 0.5) is 0 Å². The highest BCUT2D eigenvalue weighted by Crippen LogP contribution is 2.05. The minimum absolute atomic E-state index is 0.987. The van der Waals surface area contributed by atoms with Crippen molar-refractivity contribution in [2.75, 3.05) is 0 Å². The number of hydrogen-bond acceptors (Lipinski definition) is 1. The van der Waals surface area contributed by atoms with Gasteiger partial charge in [0.2, 0.25) is 0 Å². The molecule has 0 amide bonds. The van der Waals surface area contributed by atoms with Gasteiger partial charge in [-0.2, -0.15) is 0 Å². The van der Waals surface area contributed by atoms with Gasteiger partial charge in [-0.25, -0.2) is 0 Å². The summed E-state index contributed by atoms with van der Waals surface area (Å²) < 4.78 is 4.25. The first-order valence-corrected chi connectivity index (χ1v) is 5.56. The fourth-order valence-corrected chi connectivity index (χ4v) is 1.70. The van der Waals surface area contributed by atoms with E-state index in [2.05, 4.69) is 41.4 Å². The lowest BCUT2D eigenvalue weighted by Gasteiger charge is -1.99. The fourth-order valence-electron chi connectivity index (χ4n) is 1.70. The number of nitrogens with zero attached hydrogens (tertiary/aromatic N) is 2. The van der Waals surface area contributed by atoms with E-state index in [1.165, 1.54) is 10.8 Å². The molecule has 1 aromatic rings. The average Bonchev–Trinajstić information content (AvgIpc) is 2.76. The summed E-state index contributed by atoms with van der Waals surface area (Å²) in [6.45, 7) is 7.63. The summed E-state index contributed by atoms with van der Waals surface area (Å²) in [4.78, 5) is 4.17. The van der Waals surface area contributed by atoms with Crippen molar-refractivity contribution >= 4 is 24.1 Å². The minimum Gasteiger partial charge on any atom is -0.262 e. The molecule has 0 spiro atoms. The second-order valence-corrected chi connectivity index (χ2v) is 3.99. The normalized spacial score (nSPS) is 14.0. The van der Waals surface area contributed by atoms with Crippen molar-refractivity contribution < 1.29 is 0 Å². The largest absolute Gasteiger partial charge is 0.334 e. The topological polar surface area (TPSA) is 26.5 Å². The van der Waals surface area contributed by atoms with Gasteiger partial charge in [0, 0.05) is 24.1 Å². The molecular formula is C15H15N2+. The predicted octanol–water partition coefficient (Wildman–Crippen LogP) is 1.25. The van der Waals surface area contributed by atoms with Crippen LogP contribution < -0.4 is 15.2 Å². The molecule has 1 aliphatic heterocycles. The summed E-state index contributed by atoms with van der Waals surface area (Å²) in [5.74, 6) is 0. The van der Waals surface area contributed by atoms with Gasteiger partial charge < -0.3 is 0 Å². The Morgan fingerprint density at radius 3 is 2.94 bits per heavy atom. The molecule has 1 aromatic carbocycles. The number of allylic oxidation sites excluding steroid dienone is 1. The summed E-state index contributed by atoms with van der Waals surface area (Å²) in [6.07, 6.45) is 7.54. The van der Waals surface area contributed by atoms with Crippen molar-refractivity contribution in [3.8, 4) is 0 Å². The van der Waals surface area contributed by atoms with Gasteiger partial charge in [-0.15, -0.1) is 0 Å². The van der Waals surface area contributed by atoms with Crippen molar-refractivity contribution in [2.45, 2.75) is 13.8 Å². The molecule has 84 valence electrons. The second-order valence-electron chi connectivity index (χ2n) is 3.99. The smallest absolute Gasteiger partial charge is 0.262 e. The van der Waals surface area contributed by atoms with Gasteiger partial charge in [0.1, 0.15) is 0 Å². The zero-order valence-electron chi connectivity index (χ0n) is 10.1. The van der Waals surface area contributed by atoms with Crippen LogP contribution in [0.1, 0.15) is 19.4 Å². The van der Waals surface area contributed by atoms with Crippen LogP contribution in [-0.2, 0) is 0 Å². The van der Waals surface area contributed by atoms with Gasteiger partial charge in [-0.05, 0) is 37.1 Å². The summed E-state index contributed by atoms with van der Waals surface area (Å²) in [5.41, 5.74) is 3.30. The standard InChI is InChI=1S/C15H15N2/c1-4-16-12(3)11(2)9-13-5-6-15-14(10-13)7-8-17-15/h4-10H,1H2,2-3H3/q+1/b11-9+,16-12?. The van der Waals surface area contributed by atoms with Crippen LogP contribution in [0.2, 0.25) is 0 Å². The van der Waals surface area contributed by atoms with E-state index in [9.17, 15) is 0 Å². The summed E-state index contributed by atoms with van der Waals surface area (Å²) in [5, 5.41) is 2.21. The molecule has 1 aliphatic rings. The third-order valence-electron chi connectivity index (χ3n) is 2.76. The third-order valence-corrected chi connectivity index (χ3v) is 2.76. The molecule has 2 rings (SSSR count). The van der Waals surface area contributed by atoms with E-state index < -0.39 is 0 Å². The molecule has 0 unspecified atom stereocenters. The molecule has 0 fully saturated rings. The summed E-state index contributed by atoms with van der Waals surface area (Å²) >= 11 is 0. The average molecular weight is 223 g/mol. The van der Waals surface area contributed by atoms with Crippen molar-refractivity contribution in [1.29, 1.82) is 0 Å². The monoisotopic (exact) mass is 223 g/mol. The number of aliphatic imine (C=N–C) groups is 1. The molecule has 0 N–H and O–H groups in total. The van der Waals surface area contributed by atoms with Gasteiger partial charge >= 0.3 is 5.36 Å². The van der Waals surface area contributed by atoms with E-state index in [-0.39, 0.29) is 0 Å². The highest BCUT2D eigenvalue weighted by atomic mass is 14.7. The number of fused-ring (bicyclic) bond motifs is 1. The van der Waals surface area contributed by atoms with Crippen LogP contribution in [0.5, 0.6) is 0 Å². The molecule has 0 bridgehead atoms. The van der Waals surface area contributed by atoms with Crippen LogP contribution in [-0.4, -0.2) is 11.9 Å². The molecule has 0 atom stereocenters. The molecule has 1 heterocycles. The highest BCUT2D eigenvalue weighted by molar-refractivity contribution is 6.01. The first kappa shape index (κ1) is 11.3. The Hall–Kier alpha value is -2.18. The number of rotatable bonds is 3. The zero-order valence-corrected chi connectivity index (χ0v) is 10.1. The van der Waals surface area contributed by atoms with Crippen LogP contribution in [0.25, 0.3) is 12.2 Å². The molecule has 0 saturated heterocycles. The minimum atomic E-state index is 0.987. The summed E-state index contributed by atoms with van der Waals surface area (Å²) in [7, 11) is 0. The van der Waals surface area contributed by atoms with Gasteiger partial charge in [-0.3, -0.25) is 4.99 Å². The number of hydrogen-bond donors (Lipinski definition) is 0. The van der Waals surface area contributed by atoms with Crippen LogP contribution >= 0.6 is 0 Å². The van der Waals surface area contributed by atoms with Gasteiger partial charge in [-0.1, -0.05) is 17.3 Å². The second kappa shape index (κ2) is 4.77. The van der Waals surface area contributed by atoms with Crippen molar-refractivity contribution in [3.63, 3.8) is 0 Å². The molecule has 0 radical (unpaired) electrons. The molecule has 2 nitrogen and oxygen atoms in total. The van der Waals surface area contributed by atoms with Gasteiger partial charge in [0.25, 0.3) is 6.21 Å². The van der Waals surface area contributed by atoms with Crippen molar-refractivity contribution in [2.24, 2.45) is 4.99 Å². The fraction of sp³-hybridized carbons (Fsp3) is 0.133. The van der Waals surface area contributed by atoms with E-state index in [4.69, 9.17) is 0 Å². The maximum atomic E-state index is 4.25. The molecule has 17 heavy (non-hydrogen) atoms. The molecule has 0 aliphatic carbocycles. The number of benzene rings is 1. The molecule has 0 aromatic heterocycles. The quantitative estimate of drug-likeness (QED) is 0.544. The lowest BCUT2D eigenvalue weighted by Crippen LogP contribution is -2.23. The Balaban J connectivity index is 2.39. The van der Waals surface area contributed by atoms with Crippen LogP contribution in [0.15, 0.2) is 41.5 Å². The van der Waals surface area contributed by atoms with Crippen LogP contribution in [0.3, 0.4) is 0 Å². The Morgan fingerprint density at radius 2 is 2.18 bits per heavy atom. The predicted molar refractivity (Wildman–Crippen MR) is 74.4 cm³/mol. The van der Waals surface area contributed by atoms with E-state index in [0.29, 0.717) is 0 Å².